The van der Waals surface area contributed by atoms with Crippen LogP contribution in [0.3, 0.4) is 0 Å². The fraction of sp³-hybridized carbons (Fsp3) is 0.571. The van der Waals surface area contributed by atoms with Gasteiger partial charge < -0.3 is 10.6 Å². The van der Waals surface area contributed by atoms with Crippen LogP contribution in [0.1, 0.15) is 42.6 Å². The van der Waals surface area contributed by atoms with Crippen molar-refractivity contribution in [2.45, 2.75) is 32.1 Å². The van der Waals surface area contributed by atoms with E-state index in [2.05, 4.69) is 4.98 Å². The summed E-state index contributed by atoms with van der Waals surface area (Å²) in [5.74, 6) is 1.01. The molecule has 1 aromatic heterocycles. The maximum atomic E-state index is 12.2. The molecule has 106 valence electrons. The second-order valence-corrected chi connectivity index (χ2v) is 5.14. The molecule has 0 aliphatic heterocycles. The van der Waals surface area contributed by atoms with Crippen LogP contribution in [0.5, 0.6) is 0 Å². The molecule has 1 aliphatic rings. The lowest BCUT2D eigenvalue weighted by Crippen LogP contribution is -2.33. The molecule has 0 aromatic carbocycles. The van der Waals surface area contributed by atoms with E-state index in [0.29, 0.717) is 17.4 Å². The Labute approximate surface area is 120 Å². The van der Waals surface area contributed by atoms with E-state index < -0.39 is 0 Å². The van der Waals surface area contributed by atoms with Crippen LogP contribution >= 0.6 is 12.4 Å². The molecule has 0 radical (unpaired) electrons. The average Bonchev–Trinajstić information content (AvgIpc) is 2.39. The maximum absolute atomic E-state index is 12.2. The first-order valence-electron chi connectivity index (χ1n) is 6.65. The van der Waals surface area contributed by atoms with Gasteiger partial charge in [-0.25, -0.2) is 4.98 Å². The molecule has 2 rings (SSSR count). The van der Waals surface area contributed by atoms with Crippen LogP contribution in [0.15, 0.2) is 18.2 Å². The zero-order valence-corrected chi connectivity index (χ0v) is 12.2. The van der Waals surface area contributed by atoms with Gasteiger partial charge >= 0.3 is 0 Å². The Bertz CT molecular complexity index is 419. The molecule has 0 atom stereocenters. The minimum absolute atomic E-state index is 0. The zero-order chi connectivity index (χ0) is 13.0. The molecule has 19 heavy (non-hydrogen) atoms. The topological polar surface area (TPSA) is 59.2 Å². The van der Waals surface area contributed by atoms with Gasteiger partial charge in [0.2, 0.25) is 0 Å². The molecule has 0 bridgehead atoms. The van der Waals surface area contributed by atoms with Gasteiger partial charge in [-0.05, 0) is 30.9 Å². The SMILES string of the molecule is CN(CC1CCCCC1)C(=O)c1cccc(N)n1.Cl. The number of pyridine rings is 1. The summed E-state index contributed by atoms with van der Waals surface area (Å²) in [4.78, 5) is 18.0. The highest BCUT2D eigenvalue weighted by Gasteiger charge is 2.19. The van der Waals surface area contributed by atoms with E-state index in [4.69, 9.17) is 5.73 Å². The molecule has 1 heterocycles. The van der Waals surface area contributed by atoms with E-state index in [0.717, 1.165) is 6.54 Å². The van der Waals surface area contributed by atoms with Gasteiger partial charge in [0.15, 0.2) is 0 Å². The van der Waals surface area contributed by atoms with Gasteiger partial charge in [-0.15, -0.1) is 12.4 Å². The van der Waals surface area contributed by atoms with Gasteiger partial charge in [-0.3, -0.25) is 4.79 Å². The van der Waals surface area contributed by atoms with E-state index in [9.17, 15) is 4.79 Å². The Morgan fingerprint density at radius 3 is 2.68 bits per heavy atom. The number of nitrogen functional groups attached to an aromatic ring is 1. The van der Waals surface area contributed by atoms with Crippen molar-refractivity contribution in [1.29, 1.82) is 0 Å². The van der Waals surface area contributed by atoms with Gasteiger partial charge in [0.1, 0.15) is 11.5 Å². The van der Waals surface area contributed by atoms with E-state index in [1.165, 1.54) is 32.1 Å². The van der Waals surface area contributed by atoms with E-state index in [1.54, 1.807) is 23.1 Å². The lowest BCUT2D eigenvalue weighted by atomic mass is 9.89. The van der Waals surface area contributed by atoms with Crippen molar-refractivity contribution in [2.75, 3.05) is 19.3 Å². The molecule has 5 heteroatoms. The average molecular weight is 284 g/mol. The summed E-state index contributed by atoms with van der Waals surface area (Å²) >= 11 is 0. The monoisotopic (exact) mass is 283 g/mol. The van der Waals surface area contributed by atoms with Gasteiger partial charge in [0, 0.05) is 13.6 Å². The van der Waals surface area contributed by atoms with Crippen LogP contribution in [-0.2, 0) is 0 Å². The molecule has 1 amide bonds. The van der Waals surface area contributed by atoms with Crippen LogP contribution in [0.4, 0.5) is 5.82 Å². The minimum atomic E-state index is -0.0344. The lowest BCUT2D eigenvalue weighted by molar-refractivity contribution is 0.0755. The van der Waals surface area contributed by atoms with E-state index >= 15 is 0 Å². The summed E-state index contributed by atoms with van der Waals surface area (Å²) in [5.41, 5.74) is 6.04. The molecule has 1 aliphatic carbocycles. The largest absolute Gasteiger partial charge is 0.384 e. The number of anilines is 1. The van der Waals surface area contributed by atoms with Crippen molar-refractivity contribution in [2.24, 2.45) is 5.92 Å². The Balaban J connectivity index is 0.00000180. The van der Waals surface area contributed by atoms with Gasteiger partial charge in [0.25, 0.3) is 5.91 Å². The van der Waals surface area contributed by atoms with E-state index in [1.807, 2.05) is 7.05 Å². The summed E-state index contributed by atoms with van der Waals surface area (Å²) in [7, 11) is 1.85. The third-order valence-corrected chi connectivity index (χ3v) is 3.59. The number of halogens is 1. The van der Waals surface area contributed by atoms with Crippen molar-refractivity contribution in [3.63, 3.8) is 0 Å². The summed E-state index contributed by atoms with van der Waals surface area (Å²) in [6.45, 7) is 0.829. The second kappa shape index (κ2) is 7.34. The van der Waals surface area contributed by atoms with E-state index in [-0.39, 0.29) is 18.3 Å². The lowest BCUT2D eigenvalue weighted by Gasteiger charge is -2.26. The summed E-state index contributed by atoms with van der Waals surface area (Å²) in [6.07, 6.45) is 6.40. The summed E-state index contributed by atoms with van der Waals surface area (Å²) in [6, 6.07) is 5.18. The molecular formula is C14H22ClN3O. The summed E-state index contributed by atoms with van der Waals surface area (Å²) in [5, 5.41) is 0. The highest BCUT2D eigenvalue weighted by molar-refractivity contribution is 5.92. The number of hydrogen-bond donors (Lipinski definition) is 1. The molecule has 0 spiro atoms. The van der Waals surface area contributed by atoms with Crippen molar-refractivity contribution < 1.29 is 4.79 Å². The fourth-order valence-corrected chi connectivity index (χ4v) is 2.61. The third-order valence-electron chi connectivity index (χ3n) is 3.59. The predicted molar refractivity (Wildman–Crippen MR) is 79.4 cm³/mol. The Morgan fingerprint density at radius 2 is 2.05 bits per heavy atom. The minimum Gasteiger partial charge on any atom is -0.384 e. The van der Waals surface area contributed by atoms with Crippen LogP contribution in [0, 0.1) is 5.92 Å². The van der Waals surface area contributed by atoms with Crippen LogP contribution < -0.4 is 5.73 Å². The smallest absolute Gasteiger partial charge is 0.272 e. The van der Waals surface area contributed by atoms with Crippen LogP contribution in [0.2, 0.25) is 0 Å². The number of nitrogens with zero attached hydrogens (tertiary/aromatic N) is 2. The highest BCUT2D eigenvalue weighted by atomic mass is 35.5. The van der Waals surface area contributed by atoms with Crippen molar-refractivity contribution in [1.82, 2.24) is 9.88 Å². The first-order chi connectivity index (χ1) is 8.66. The quantitative estimate of drug-likeness (QED) is 0.928. The Kier molecular flexibility index (Phi) is 6.09. The first kappa shape index (κ1) is 15.8. The van der Waals surface area contributed by atoms with Crippen LogP contribution in [0.25, 0.3) is 0 Å². The third kappa shape index (κ3) is 4.39. The van der Waals surface area contributed by atoms with Crippen molar-refractivity contribution >= 4 is 24.1 Å². The zero-order valence-electron chi connectivity index (χ0n) is 11.3. The number of amides is 1. The van der Waals surface area contributed by atoms with Crippen molar-refractivity contribution in [3.05, 3.63) is 23.9 Å². The van der Waals surface area contributed by atoms with Gasteiger partial charge in [-0.2, -0.15) is 0 Å². The molecular weight excluding hydrogens is 262 g/mol. The van der Waals surface area contributed by atoms with Crippen molar-refractivity contribution in [3.8, 4) is 0 Å². The van der Waals surface area contributed by atoms with Gasteiger partial charge in [0.05, 0.1) is 0 Å². The number of aromatic nitrogens is 1. The number of rotatable bonds is 3. The fourth-order valence-electron chi connectivity index (χ4n) is 2.61. The number of carbonyl (C=O) groups is 1. The normalized spacial score (nSPS) is 15.6. The molecule has 0 saturated heterocycles. The highest BCUT2D eigenvalue weighted by Crippen LogP contribution is 2.24. The molecule has 4 nitrogen and oxygen atoms in total. The van der Waals surface area contributed by atoms with Gasteiger partial charge in [-0.1, -0.05) is 25.3 Å². The second-order valence-electron chi connectivity index (χ2n) is 5.14. The molecule has 1 aromatic rings. The number of carbonyl (C=O) groups excluding carboxylic acids is 1. The molecule has 0 unspecified atom stereocenters. The maximum Gasteiger partial charge on any atom is 0.272 e. The Morgan fingerprint density at radius 1 is 1.37 bits per heavy atom. The summed E-state index contributed by atoms with van der Waals surface area (Å²) < 4.78 is 0. The molecule has 1 saturated carbocycles. The Hall–Kier alpha value is -1.29. The molecule has 1 fully saturated rings. The predicted octanol–water partition coefficient (Wildman–Crippen LogP) is 2.74. The van der Waals surface area contributed by atoms with Crippen LogP contribution in [-0.4, -0.2) is 29.4 Å². The first-order valence-corrected chi connectivity index (χ1v) is 6.65. The standard InChI is InChI=1S/C14H21N3O.ClH/c1-17(10-11-6-3-2-4-7-11)14(18)12-8-5-9-13(15)16-12;/h5,8-9,11H,2-4,6-7,10H2,1H3,(H2,15,16);1H. The molecule has 2 N–H and O–H groups in total. The number of nitrogens with two attached hydrogens (primary N) is 1. The number of hydrogen-bond acceptors (Lipinski definition) is 3.